The van der Waals surface area contributed by atoms with Crippen molar-refractivity contribution in [2.45, 2.75) is 32.1 Å². The number of hydrogen-bond donors (Lipinski definition) is 0. The van der Waals surface area contributed by atoms with E-state index in [9.17, 15) is 0 Å². The molecule has 0 saturated heterocycles. The van der Waals surface area contributed by atoms with Crippen LogP contribution in [0, 0.1) is 5.92 Å². The maximum atomic E-state index is 2.28. The number of nitrogens with zero attached hydrogens (tertiary/aromatic N) is 1. The summed E-state index contributed by atoms with van der Waals surface area (Å²) >= 11 is 1.96. The fraction of sp³-hybridized carbons (Fsp3) is 0.529. The summed E-state index contributed by atoms with van der Waals surface area (Å²) in [6.45, 7) is 7.74. The Hall–Kier alpha value is -0.730. The maximum absolute atomic E-state index is 2.28. The molecule has 19 heavy (non-hydrogen) atoms. The van der Waals surface area contributed by atoms with Gasteiger partial charge in [0.05, 0.1) is 0 Å². The minimum absolute atomic E-state index is 0.794. The summed E-state index contributed by atoms with van der Waals surface area (Å²) < 4.78 is 0. The Morgan fingerprint density at radius 1 is 1.21 bits per heavy atom. The van der Waals surface area contributed by atoms with E-state index in [0.717, 1.165) is 12.5 Å². The summed E-state index contributed by atoms with van der Waals surface area (Å²) in [7, 11) is 4.19. The third-order valence-corrected chi connectivity index (χ3v) is 4.08. The molecule has 0 bridgehead atoms. The first-order valence-electron chi connectivity index (χ1n) is 7.03. The molecule has 1 aromatic carbocycles. The molecule has 0 fully saturated rings. The zero-order chi connectivity index (χ0) is 14.3. The zero-order valence-corrected chi connectivity index (χ0v) is 13.8. The predicted octanol–water partition coefficient (Wildman–Crippen LogP) is 4.79. The van der Waals surface area contributed by atoms with E-state index in [2.05, 4.69) is 70.1 Å². The molecular formula is C17H27NS. The van der Waals surface area contributed by atoms with Crippen LogP contribution in [-0.2, 0) is 0 Å². The van der Waals surface area contributed by atoms with Crippen LogP contribution in [-0.4, -0.2) is 31.3 Å². The van der Waals surface area contributed by atoms with Crippen molar-refractivity contribution >= 4 is 17.3 Å². The molecule has 0 aliphatic carbocycles. The second kappa shape index (κ2) is 8.44. The molecule has 0 heterocycles. The summed E-state index contributed by atoms with van der Waals surface area (Å²) in [5.41, 5.74) is 2.68. The summed E-state index contributed by atoms with van der Waals surface area (Å²) in [5.74, 6) is 2.01. The Balaban J connectivity index is 2.53. The first kappa shape index (κ1) is 16.3. The molecule has 2 heteroatoms. The molecule has 0 unspecified atom stereocenters. The molecule has 0 spiro atoms. The van der Waals surface area contributed by atoms with Gasteiger partial charge in [-0.05, 0) is 62.4 Å². The highest BCUT2D eigenvalue weighted by Gasteiger charge is 1.99. The van der Waals surface area contributed by atoms with Gasteiger partial charge in [-0.1, -0.05) is 32.1 Å². The maximum Gasteiger partial charge on any atom is 0.0162 e. The van der Waals surface area contributed by atoms with Crippen LogP contribution < -0.4 is 0 Å². The van der Waals surface area contributed by atoms with Crippen LogP contribution in [0.25, 0.3) is 5.57 Å². The van der Waals surface area contributed by atoms with Crippen molar-refractivity contribution < 1.29 is 0 Å². The Labute approximate surface area is 123 Å². The number of allylic oxidation sites excluding steroid dienone is 1. The minimum atomic E-state index is 0.794. The third kappa shape index (κ3) is 6.84. The van der Waals surface area contributed by atoms with E-state index < -0.39 is 0 Å². The van der Waals surface area contributed by atoms with Gasteiger partial charge in [-0.25, -0.2) is 0 Å². The summed E-state index contributed by atoms with van der Waals surface area (Å²) in [5, 5.41) is 0. The lowest BCUT2D eigenvalue weighted by Crippen LogP contribution is -2.10. The smallest absolute Gasteiger partial charge is 0.0162 e. The van der Waals surface area contributed by atoms with E-state index >= 15 is 0 Å². The van der Waals surface area contributed by atoms with Crippen molar-refractivity contribution in [3.05, 3.63) is 35.9 Å². The number of hydrogen-bond acceptors (Lipinski definition) is 2. The number of likely N-dealkylation sites (N-methyl/N-ethyl adjacent to an activating group) is 1. The van der Waals surface area contributed by atoms with Gasteiger partial charge in [0.15, 0.2) is 0 Å². The normalized spacial score (nSPS) is 12.5. The minimum Gasteiger partial charge on any atom is -0.306 e. The Bertz CT molecular complexity index is 390. The number of thioether (sulfide) groups is 1. The third-order valence-electron chi connectivity index (χ3n) is 3.04. The Morgan fingerprint density at radius 2 is 1.84 bits per heavy atom. The largest absolute Gasteiger partial charge is 0.306 e. The molecular weight excluding hydrogens is 250 g/mol. The van der Waals surface area contributed by atoms with Gasteiger partial charge >= 0.3 is 0 Å². The molecule has 1 aromatic rings. The van der Waals surface area contributed by atoms with E-state index in [1.807, 2.05) is 11.8 Å². The molecule has 0 radical (unpaired) electrons. The molecule has 0 aliphatic rings. The van der Waals surface area contributed by atoms with E-state index in [0.29, 0.717) is 0 Å². The standard InChI is InChI=1S/C17H27NS/c1-14(2)11-13-19-17-8-6-16(7-9-17)15(3)10-12-18(4)5/h6-10,14H,11-13H2,1-5H3. The molecule has 1 rings (SSSR count). The van der Waals surface area contributed by atoms with Crippen molar-refractivity contribution in [2.24, 2.45) is 5.92 Å². The fourth-order valence-corrected chi connectivity index (χ4v) is 2.82. The van der Waals surface area contributed by atoms with Crippen LogP contribution in [0.5, 0.6) is 0 Å². The first-order valence-corrected chi connectivity index (χ1v) is 8.02. The van der Waals surface area contributed by atoms with Crippen LogP contribution in [0.4, 0.5) is 0 Å². The average molecular weight is 277 g/mol. The topological polar surface area (TPSA) is 3.24 Å². The summed E-state index contributed by atoms with van der Waals surface area (Å²) in [6.07, 6.45) is 3.56. The Morgan fingerprint density at radius 3 is 2.37 bits per heavy atom. The van der Waals surface area contributed by atoms with Crippen LogP contribution in [0.2, 0.25) is 0 Å². The highest BCUT2D eigenvalue weighted by molar-refractivity contribution is 7.99. The number of rotatable bonds is 7. The quantitative estimate of drug-likeness (QED) is 0.659. The van der Waals surface area contributed by atoms with Crippen molar-refractivity contribution in [3.63, 3.8) is 0 Å². The van der Waals surface area contributed by atoms with Gasteiger partial charge < -0.3 is 4.90 Å². The second-order valence-electron chi connectivity index (χ2n) is 5.70. The molecule has 0 N–H and O–H groups in total. The molecule has 1 nitrogen and oxygen atoms in total. The van der Waals surface area contributed by atoms with Crippen molar-refractivity contribution in [2.75, 3.05) is 26.4 Å². The lowest BCUT2D eigenvalue weighted by Gasteiger charge is -2.08. The van der Waals surface area contributed by atoms with Crippen LogP contribution >= 0.6 is 11.8 Å². The summed E-state index contributed by atoms with van der Waals surface area (Å²) in [4.78, 5) is 3.56. The van der Waals surface area contributed by atoms with E-state index in [-0.39, 0.29) is 0 Å². The van der Waals surface area contributed by atoms with Crippen molar-refractivity contribution in [3.8, 4) is 0 Å². The van der Waals surface area contributed by atoms with Gasteiger partial charge in [-0.2, -0.15) is 0 Å². The molecule has 0 aromatic heterocycles. The lowest BCUT2D eigenvalue weighted by molar-refractivity contribution is 0.457. The highest BCUT2D eigenvalue weighted by atomic mass is 32.2. The van der Waals surface area contributed by atoms with Crippen LogP contribution in [0.1, 0.15) is 32.8 Å². The predicted molar refractivity (Wildman–Crippen MR) is 88.8 cm³/mol. The van der Waals surface area contributed by atoms with Gasteiger partial charge in [-0.15, -0.1) is 11.8 Å². The highest BCUT2D eigenvalue weighted by Crippen LogP contribution is 2.23. The average Bonchev–Trinajstić information content (AvgIpc) is 2.36. The molecule has 106 valence electrons. The van der Waals surface area contributed by atoms with Crippen LogP contribution in [0.15, 0.2) is 35.2 Å². The van der Waals surface area contributed by atoms with Crippen molar-refractivity contribution in [1.29, 1.82) is 0 Å². The van der Waals surface area contributed by atoms with Crippen LogP contribution in [0.3, 0.4) is 0 Å². The van der Waals surface area contributed by atoms with Gasteiger partial charge in [0.1, 0.15) is 0 Å². The molecule has 0 saturated carbocycles. The summed E-state index contributed by atoms with van der Waals surface area (Å²) in [6, 6.07) is 8.96. The number of benzene rings is 1. The molecule has 0 atom stereocenters. The fourth-order valence-electron chi connectivity index (χ4n) is 1.66. The van der Waals surface area contributed by atoms with Gasteiger partial charge in [0.2, 0.25) is 0 Å². The van der Waals surface area contributed by atoms with Crippen molar-refractivity contribution in [1.82, 2.24) is 4.90 Å². The lowest BCUT2D eigenvalue weighted by atomic mass is 10.1. The zero-order valence-electron chi connectivity index (χ0n) is 12.9. The van der Waals surface area contributed by atoms with E-state index in [4.69, 9.17) is 0 Å². The molecule has 0 aliphatic heterocycles. The Kier molecular flexibility index (Phi) is 7.25. The second-order valence-corrected chi connectivity index (χ2v) is 6.87. The SMILES string of the molecule is CC(=CCN(C)C)c1ccc(SCCC(C)C)cc1. The first-order chi connectivity index (χ1) is 8.99. The van der Waals surface area contributed by atoms with E-state index in [1.165, 1.54) is 28.2 Å². The van der Waals surface area contributed by atoms with Gasteiger partial charge in [0.25, 0.3) is 0 Å². The monoisotopic (exact) mass is 277 g/mol. The van der Waals surface area contributed by atoms with Gasteiger partial charge in [0, 0.05) is 11.4 Å². The van der Waals surface area contributed by atoms with E-state index in [1.54, 1.807) is 0 Å². The molecule has 0 amide bonds. The van der Waals surface area contributed by atoms with Gasteiger partial charge in [-0.3, -0.25) is 0 Å².